The standard InChI is InChI=1S/C15H22BrN3O/c1-18-7-5-11(6-8-18)10-19(2)15(20)13-9-12(16)3-4-14(13)17/h3-4,9,11H,5-8,10,17H2,1-2H3. The fraction of sp³-hybridized carbons (Fsp3) is 0.533. The number of anilines is 1. The second-order valence-electron chi connectivity index (χ2n) is 5.66. The van der Waals surface area contributed by atoms with Crippen molar-refractivity contribution >= 4 is 27.5 Å². The van der Waals surface area contributed by atoms with Crippen LogP contribution in [-0.4, -0.2) is 49.4 Å². The zero-order valence-electron chi connectivity index (χ0n) is 12.1. The minimum Gasteiger partial charge on any atom is -0.398 e. The zero-order chi connectivity index (χ0) is 14.7. The molecule has 0 saturated carbocycles. The number of piperidine rings is 1. The lowest BCUT2D eigenvalue weighted by atomic mass is 9.96. The number of amides is 1. The Balaban J connectivity index is 1.99. The van der Waals surface area contributed by atoms with E-state index >= 15 is 0 Å². The van der Waals surface area contributed by atoms with Crippen LogP contribution in [0, 0.1) is 5.92 Å². The lowest BCUT2D eigenvalue weighted by molar-refractivity contribution is 0.0748. The normalized spacial score (nSPS) is 17.1. The number of carbonyl (C=O) groups excluding carboxylic acids is 1. The van der Waals surface area contributed by atoms with Crippen molar-refractivity contribution in [1.82, 2.24) is 9.80 Å². The van der Waals surface area contributed by atoms with Crippen molar-refractivity contribution in [2.24, 2.45) is 5.92 Å². The number of rotatable bonds is 3. The molecule has 5 heteroatoms. The molecule has 1 heterocycles. The summed E-state index contributed by atoms with van der Waals surface area (Å²) >= 11 is 3.39. The third-order valence-corrected chi connectivity index (χ3v) is 4.46. The van der Waals surface area contributed by atoms with Crippen molar-refractivity contribution in [2.75, 3.05) is 39.5 Å². The van der Waals surface area contributed by atoms with Crippen molar-refractivity contribution in [3.8, 4) is 0 Å². The van der Waals surface area contributed by atoms with Crippen LogP contribution in [0.15, 0.2) is 22.7 Å². The van der Waals surface area contributed by atoms with E-state index in [1.807, 2.05) is 13.1 Å². The second-order valence-corrected chi connectivity index (χ2v) is 6.58. The number of halogens is 1. The average molecular weight is 340 g/mol. The van der Waals surface area contributed by atoms with Crippen molar-refractivity contribution < 1.29 is 4.79 Å². The summed E-state index contributed by atoms with van der Waals surface area (Å²) in [6.07, 6.45) is 2.31. The number of nitrogen functional groups attached to an aromatic ring is 1. The maximum Gasteiger partial charge on any atom is 0.255 e. The maximum absolute atomic E-state index is 12.5. The number of hydrogen-bond acceptors (Lipinski definition) is 3. The first-order chi connectivity index (χ1) is 9.47. The van der Waals surface area contributed by atoms with Gasteiger partial charge in [-0.3, -0.25) is 4.79 Å². The quantitative estimate of drug-likeness (QED) is 0.860. The van der Waals surface area contributed by atoms with Crippen LogP contribution in [0.3, 0.4) is 0 Å². The molecule has 1 saturated heterocycles. The number of nitrogens with zero attached hydrogens (tertiary/aromatic N) is 2. The van der Waals surface area contributed by atoms with Crippen molar-refractivity contribution in [3.05, 3.63) is 28.2 Å². The fourth-order valence-electron chi connectivity index (χ4n) is 2.63. The average Bonchev–Trinajstić information content (AvgIpc) is 2.43. The van der Waals surface area contributed by atoms with E-state index in [-0.39, 0.29) is 5.91 Å². The van der Waals surface area contributed by atoms with Crippen molar-refractivity contribution in [1.29, 1.82) is 0 Å². The molecule has 1 aliphatic heterocycles. The molecule has 0 aromatic heterocycles. The smallest absolute Gasteiger partial charge is 0.255 e. The summed E-state index contributed by atoms with van der Waals surface area (Å²) in [7, 11) is 4.01. The number of likely N-dealkylation sites (tertiary alicyclic amines) is 1. The van der Waals surface area contributed by atoms with Gasteiger partial charge in [0.05, 0.1) is 5.56 Å². The van der Waals surface area contributed by atoms with Crippen molar-refractivity contribution in [3.63, 3.8) is 0 Å². The lowest BCUT2D eigenvalue weighted by Crippen LogP contribution is -2.38. The van der Waals surface area contributed by atoms with Gasteiger partial charge in [-0.2, -0.15) is 0 Å². The maximum atomic E-state index is 12.5. The molecule has 0 radical (unpaired) electrons. The summed E-state index contributed by atoms with van der Waals surface area (Å²) in [5.74, 6) is 0.594. The minimum atomic E-state index is 0.00253. The van der Waals surface area contributed by atoms with Gasteiger partial charge in [0, 0.05) is 23.8 Å². The molecule has 1 fully saturated rings. The number of nitrogens with two attached hydrogens (primary N) is 1. The topological polar surface area (TPSA) is 49.6 Å². The Morgan fingerprint density at radius 3 is 2.75 bits per heavy atom. The molecule has 4 nitrogen and oxygen atoms in total. The number of benzene rings is 1. The highest BCUT2D eigenvalue weighted by Crippen LogP contribution is 2.22. The highest BCUT2D eigenvalue weighted by molar-refractivity contribution is 9.10. The first-order valence-corrected chi connectivity index (χ1v) is 7.75. The first-order valence-electron chi connectivity index (χ1n) is 6.96. The third-order valence-electron chi connectivity index (χ3n) is 3.96. The van der Waals surface area contributed by atoms with Crippen LogP contribution in [0.4, 0.5) is 5.69 Å². The minimum absolute atomic E-state index is 0.00253. The van der Waals surface area contributed by atoms with E-state index in [0.29, 0.717) is 17.2 Å². The second kappa shape index (κ2) is 6.59. The molecule has 1 aliphatic rings. The van der Waals surface area contributed by atoms with E-state index in [4.69, 9.17) is 5.73 Å². The Morgan fingerprint density at radius 1 is 1.45 bits per heavy atom. The van der Waals surface area contributed by atoms with Gasteiger partial charge in [0.2, 0.25) is 0 Å². The molecule has 0 spiro atoms. The molecule has 0 unspecified atom stereocenters. The molecule has 110 valence electrons. The summed E-state index contributed by atoms with van der Waals surface area (Å²) in [5, 5.41) is 0. The lowest BCUT2D eigenvalue weighted by Gasteiger charge is -2.31. The predicted molar refractivity (Wildman–Crippen MR) is 85.7 cm³/mol. The van der Waals surface area contributed by atoms with Crippen LogP contribution in [-0.2, 0) is 0 Å². The summed E-state index contributed by atoms with van der Waals surface area (Å²) in [4.78, 5) is 16.6. The summed E-state index contributed by atoms with van der Waals surface area (Å²) in [5.41, 5.74) is 7.02. The highest BCUT2D eigenvalue weighted by atomic mass is 79.9. The molecular formula is C15H22BrN3O. The molecular weight excluding hydrogens is 318 g/mol. The fourth-order valence-corrected chi connectivity index (χ4v) is 3.00. The largest absolute Gasteiger partial charge is 0.398 e. The summed E-state index contributed by atoms with van der Waals surface area (Å²) in [6.45, 7) is 3.04. The van der Waals surface area contributed by atoms with E-state index in [2.05, 4.69) is 27.9 Å². The Hall–Kier alpha value is -1.07. The van der Waals surface area contributed by atoms with Crippen LogP contribution in [0.5, 0.6) is 0 Å². The Labute approximate surface area is 129 Å². The van der Waals surface area contributed by atoms with Crippen LogP contribution in [0.2, 0.25) is 0 Å². The highest BCUT2D eigenvalue weighted by Gasteiger charge is 2.22. The molecule has 1 amide bonds. The molecule has 20 heavy (non-hydrogen) atoms. The van der Waals surface area contributed by atoms with Crippen LogP contribution < -0.4 is 5.73 Å². The van der Waals surface area contributed by atoms with Gasteiger partial charge in [-0.15, -0.1) is 0 Å². The van der Waals surface area contributed by atoms with E-state index in [1.165, 1.54) is 0 Å². The van der Waals surface area contributed by atoms with Crippen LogP contribution >= 0.6 is 15.9 Å². The van der Waals surface area contributed by atoms with E-state index in [0.717, 1.165) is 36.9 Å². The van der Waals surface area contributed by atoms with Gasteiger partial charge in [0.15, 0.2) is 0 Å². The van der Waals surface area contributed by atoms with E-state index < -0.39 is 0 Å². The van der Waals surface area contributed by atoms with E-state index in [1.54, 1.807) is 17.0 Å². The Kier molecular flexibility index (Phi) is 5.05. The van der Waals surface area contributed by atoms with Gasteiger partial charge >= 0.3 is 0 Å². The summed E-state index contributed by atoms with van der Waals surface area (Å²) < 4.78 is 0.878. The molecule has 0 atom stereocenters. The number of carbonyl (C=O) groups is 1. The van der Waals surface area contributed by atoms with Crippen LogP contribution in [0.1, 0.15) is 23.2 Å². The van der Waals surface area contributed by atoms with Crippen LogP contribution in [0.25, 0.3) is 0 Å². The molecule has 1 aromatic rings. The third kappa shape index (κ3) is 3.73. The van der Waals surface area contributed by atoms with Gasteiger partial charge in [-0.1, -0.05) is 15.9 Å². The Morgan fingerprint density at radius 2 is 2.10 bits per heavy atom. The Bertz CT molecular complexity index is 484. The van der Waals surface area contributed by atoms with Gasteiger partial charge in [-0.25, -0.2) is 0 Å². The van der Waals surface area contributed by atoms with Gasteiger partial charge in [-0.05, 0) is 57.1 Å². The SMILES string of the molecule is CN1CCC(CN(C)C(=O)c2cc(Br)ccc2N)CC1. The molecule has 0 aliphatic carbocycles. The monoisotopic (exact) mass is 339 g/mol. The molecule has 0 bridgehead atoms. The zero-order valence-corrected chi connectivity index (χ0v) is 13.7. The van der Waals surface area contributed by atoms with Gasteiger partial charge in [0.25, 0.3) is 5.91 Å². The summed E-state index contributed by atoms with van der Waals surface area (Å²) in [6, 6.07) is 5.41. The number of hydrogen-bond donors (Lipinski definition) is 1. The van der Waals surface area contributed by atoms with Gasteiger partial charge in [0.1, 0.15) is 0 Å². The van der Waals surface area contributed by atoms with Gasteiger partial charge < -0.3 is 15.5 Å². The molecule has 2 rings (SSSR count). The predicted octanol–water partition coefficient (Wildman–Crippen LogP) is 2.45. The van der Waals surface area contributed by atoms with E-state index in [9.17, 15) is 4.79 Å². The molecule has 2 N–H and O–H groups in total. The molecule has 1 aromatic carbocycles. The first kappa shape index (κ1) is 15.3. The van der Waals surface area contributed by atoms with Crippen molar-refractivity contribution in [2.45, 2.75) is 12.8 Å².